The van der Waals surface area contributed by atoms with Gasteiger partial charge in [0.2, 0.25) is 11.8 Å². The third-order valence-corrected chi connectivity index (χ3v) is 14.6. The number of carbonyl (C=O) groups excluding carboxylic acids is 2. The number of rotatable bonds is 15. The Morgan fingerprint density at radius 2 is 1.22 bits per heavy atom. The highest BCUT2D eigenvalue weighted by Crippen LogP contribution is 2.45. The third-order valence-electron chi connectivity index (χ3n) is 14.6. The lowest BCUT2D eigenvalue weighted by molar-refractivity contribution is -0.112. The molecule has 378 valence electrons. The number of hydrogen-bond acceptors (Lipinski definition) is 10. The molecule has 0 spiro atoms. The van der Waals surface area contributed by atoms with Crippen LogP contribution in [0.1, 0.15) is 22.3 Å². The van der Waals surface area contributed by atoms with Crippen LogP contribution in [0.3, 0.4) is 0 Å². The monoisotopic (exact) mass is 989 g/mol. The number of carbonyl (C=O) groups is 2. The number of aryl methyl sites for hydroxylation is 2. The van der Waals surface area contributed by atoms with E-state index in [0.29, 0.717) is 23.6 Å². The number of amides is 2. The molecule has 4 aromatic heterocycles. The van der Waals surface area contributed by atoms with E-state index in [-0.39, 0.29) is 17.9 Å². The van der Waals surface area contributed by atoms with Crippen molar-refractivity contribution in [1.82, 2.24) is 39.5 Å². The van der Waals surface area contributed by atoms with Gasteiger partial charge in [-0.1, -0.05) is 79.4 Å². The minimum atomic E-state index is -0.278. The van der Waals surface area contributed by atoms with Crippen molar-refractivity contribution < 1.29 is 19.1 Å². The quantitative estimate of drug-likeness (QED) is 0.0733. The molecule has 0 bridgehead atoms. The highest BCUT2D eigenvalue weighted by atomic mass is 16.5. The van der Waals surface area contributed by atoms with Crippen LogP contribution in [0, 0.1) is 13.8 Å². The second kappa shape index (κ2) is 21.7. The minimum Gasteiger partial charge on any atom is -0.496 e. The standard InChI is InChI=1S/C60H64N10O4/c1-8-51(71)63-47-33-44(17-12-38(47)2)54-56-50(74-7)23-25-62-60(56)66-58(54)45-11-9-10-41(32-45)36-70-31-28-68(5)37-46(70)20-21-52(72)64-48-34-43(16-13-39(48)3)53-55-49(73-6)22-24-61-59(55)65-57(53)42-18-14-40(15-19-42)35-69-29-26-67(4)27-30-69/h8-25,32-34,46H,1,26-31,35-37H2,2-7H3,(H,61,65)(H,62,66)(H,63,71)(H,64,72)/b21-20+. The van der Waals surface area contributed by atoms with E-state index < -0.39 is 0 Å². The maximum Gasteiger partial charge on any atom is 0.248 e. The van der Waals surface area contributed by atoms with Crippen LogP contribution in [0.2, 0.25) is 0 Å². The largest absolute Gasteiger partial charge is 0.496 e. The van der Waals surface area contributed by atoms with Gasteiger partial charge in [-0.3, -0.25) is 19.4 Å². The number of piperazine rings is 2. The van der Waals surface area contributed by atoms with Gasteiger partial charge in [0.05, 0.1) is 36.4 Å². The van der Waals surface area contributed by atoms with Crippen LogP contribution in [0.25, 0.3) is 66.8 Å². The summed E-state index contributed by atoms with van der Waals surface area (Å²) in [4.78, 5) is 52.7. The molecule has 14 nitrogen and oxygen atoms in total. The first-order valence-electron chi connectivity index (χ1n) is 25.2. The van der Waals surface area contributed by atoms with E-state index in [2.05, 4.69) is 134 Å². The highest BCUT2D eigenvalue weighted by molar-refractivity contribution is 6.08. The predicted molar refractivity (Wildman–Crippen MR) is 298 cm³/mol. The second-order valence-corrected chi connectivity index (χ2v) is 19.6. The highest BCUT2D eigenvalue weighted by Gasteiger charge is 2.26. The first kappa shape index (κ1) is 49.7. The smallest absolute Gasteiger partial charge is 0.248 e. The number of anilines is 2. The number of ether oxygens (including phenoxy) is 2. The summed E-state index contributed by atoms with van der Waals surface area (Å²) in [5.41, 5.74) is 14.7. The fourth-order valence-electron chi connectivity index (χ4n) is 10.4. The van der Waals surface area contributed by atoms with Gasteiger partial charge in [0.15, 0.2) is 0 Å². The number of aromatic amines is 2. The Hall–Kier alpha value is -7.88. The molecule has 2 aliphatic heterocycles. The van der Waals surface area contributed by atoms with E-state index in [9.17, 15) is 9.59 Å². The molecule has 4 aromatic carbocycles. The van der Waals surface area contributed by atoms with Gasteiger partial charge in [0, 0.05) is 106 Å². The molecule has 14 heteroatoms. The fourth-order valence-corrected chi connectivity index (χ4v) is 10.4. The zero-order valence-corrected chi connectivity index (χ0v) is 43.1. The number of H-pyrrole nitrogens is 2. The molecule has 2 saturated heterocycles. The van der Waals surface area contributed by atoms with Crippen molar-refractivity contribution in [3.05, 3.63) is 157 Å². The van der Waals surface area contributed by atoms with Crippen LogP contribution in [0.4, 0.5) is 11.4 Å². The number of methoxy groups -OCH3 is 2. The molecule has 2 aliphatic rings. The van der Waals surface area contributed by atoms with Crippen LogP contribution in [0.15, 0.2) is 134 Å². The first-order valence-corrected chi connectivity index (χ1v) is 25.2. The Morgan fingerprint density at radius 1 is 0.649 bits per heavy atom. The molecule has 0 aliphatic carbocycles. The number of hydrogen-bond donors (Lipinski definition) is 4. The summed E-state index contributed by atoms with van der Waals surface area (Å²) >= 11 is 0. The maximum absolute atomic E-state index is 14.0. The molecule has 1 atom stereocenters. The number of likely N-dealkylation sites (N-methyl/N-ethyl adjacent to an activating group) is 2. The molecule has 0 radical (unpaired) electrons. The van der Waals surface area contributed by atoms with Gasteiger partial charge >= 0.3 is 0 Å². The van der Waals surface area contributed by atoms with Gasteiger partial charge in [-0.2, -0.15) is 0 Å². The number of pyridine rings is 2. The molecule has 2 amide bonds. The van der Waals surface area contributed by atoms with Gasteiger partial charge in [0.25, 0.3) is 0 Å². The van der Waals surface area contributed by atoms with Crippen LogP contribution in [0.5, 0.6) is 11.5 Å². The van der Waals surface area contributed by atoms with Crippen molar-refractivity contribution in [3.63, 3.8) is 0 Å². The molecule has 6 heterocycles. The molecule has 4 N–H and O–H groups in total. The van der Waals surface area contributed by atoms with Crippen LogP contribution in [-0.2, 0) is 22.7 Å². The van der Waals surface area contributed by atoms with Crippen molar-refractivity contribution in [2.45, 2.75) is 33.0 Å². The van der Waals surface area contributed by atoms with Crippen molar-refractivity contribution in [2.24, 2.45) is 0 Å². The Morgan fingerprint density at radius 3 is 1.81 bits per heavy atom. The second-order valence-electron chi connectivity index (χ2n) is 19.6. The Balaban J connectivity index is 0.898. The van der Waals surface area contributed by atoms with Crippen LogP contribution >= 0.6 is 0 Å². The summed E-state index contributed by atoms with van der Waals surface area (Å²) in [6.45, 7) is 16.0. The van der Waals surface area contributed by atoms with Gasteiger partial charge in [-0.05, 0) is 109 Å². The van der Waals surface area contributed by atoms with Crippen LogP contribution < -0.4 is 20.1 Å². The normalized spacial score (nSPS) is 16.0. The van der Waals surface area contributed by atoms with Crippen molar-refractivity contribution in [1.29, 1.82) is 0 Å². The number of nitrogens with one attached hydrogen (secondary N) is 4. The molecule has 8 aromatic rings. The minimum absolute atomic E-state index is 0.0221. The van der Waals surface area contributed by atoms with E-state index in [1.54, 1.807) is 32.7 Å². The molecular weight excluding hydrogens is 925 g/mol. The number of benzene rings is 4. The molecule has 1 unspecified atom stereocenters. The average molecular weight is 989 g/mol. The third kappa shape index (κ3) is 10.5. The van der Waals surface area contributed by atoms with E-state index in [1.165, 1.54) is 11.6 Å². The van der Waals surface area contributed by atoms with E-state index in [4.69, 9.17) is 19.4 Å². The van der Waals surface area contributed by atoms with Gasteiger partial charge in [-0.25, -0.2) is 9.97 Å². The summed E-state index contributed by atoms with van der Waals surface area (Å²) in [6.07, 6.45) is 8.47. The van der Waals surface area contributed by atoms with Crippen LogP contribution in [-0.4, -0.2) is 132 Å². The lowest BCUT2D eigenvalue weighted by Gasteiger charge is -2.38. The van der Waals surface area contributed by atoms with Gasteiger partial charge in [-0.15, -0.1) is 0 Å². The summed E-state index contributed by atoms with van der Waals surface area (Å²) in [5, 5.41) is 7.93. The molecule has 2 fully saturated rings. The molecule has 10 rings (SSSR count). The predicted octanol–water partition coefficient (Wildman–Crippen LogP) is 9.92. The first-order chi connectivity index (χ1) is 36.0. The zero-order chi connectivity index (χ0) is 51.5. The van der Waals surface area contributed by atoms with Gasteiger partial charge < -0.3 is 39.9 Å². The van der Waals surface area contributed by atoms with E-state index in [1.807, 2.05) is 44.2 Å². The Labute approximate surface area is 432 Å². The number of fused-ring (bicyclic) bond motifs is 2. The van der Waals surface area contributed by atoms with Crippen molar-refractivity contribution in [3.8, 4) is 56.3 Å². The van der Waals surface area contributed by atoms with Crippen molar-refractivity contribution in [2.75, 3.05) is 84.8 Å². The topological polar surface area (TPSA) is 147 Å². The lowest BCUT2D eigenvalue weighted by atomic mass is 9.96. The lowest BCUT2D eigenvalue weighted by Crippen LogP contribution is -2.50. The summed E-state index contributed by atoms with van der Waals surface area (Å²) in [7, 11) is 7.65. The van der Waals surface area contributed by atoms with Gasteiger partial charge in [0.1, 0.15) is 22.8 Å². The Bertz CT molecular complexity index is 3400. The molecular formula is C60H64N10O4. The zero-order valence-electron chi connectivity index (χ0n) is 43.1. The average Bonchev–Trinajstić information content (AvgIpc) is 4.01. The number of nitrogens with zero attached hydrogens (tertiary/aromatic N) is 6. The fraction of sp³-hybridized carbons (Fsp3) is 0.267. The van der Waals surface area contributed by atoms with Crippen molar-refractivity contribution >= 4 is 45.3 Å². The number of aromatic nitrogens is 4. The molecule has 74 heavy (non-hydrogen) atoms. The van der Waals surface area contributed by atoms with E-state index in [0.717, 1.165) is 142 Å². The summed E-state index contributed by atoms with van der Waals surface area (Å²) in [6, 6.07) is 33.3. The molecule has 0 saturated carbocycles. The summed E-state index contributed by atoms with van der Waals surface area (Å²) < 4.78 is 11.8. The Kier molecular flexibility index (Phi) is 14.6. The van der Waals surface area contributed by atoms with E-state index >= 15 is 0 Å². The maximum atomic E-state index is 14.0. The SMILES string of the molecule is C=CC(=O)Nc1cc(-c2c(-c3cccc(CN4CCN(C)CC4/C=C/C(=O)Nc4cc(-c5c(-c6ccc(CN7CCN(C)CC7)cc6)[nH]c6nccc(OC)c56)ccc4C)c3)[nH]c3nccc(OC)c23)ccc1C. The summed E-state index contributed by atoms with van der Waals surface area (Å²) in [5.74, 6) is 0.929.